The van der Waals surface area contributed by atoms with Gasteiger partial charge in [-0.25, -0.2) is 4.39 Å². The lowest BCUT2D eigenvalue weighted by Crippen LogP contribution is -2.45. The van der Waals surface area contributed by atoms with Gasteiger partial charge in [0, 0.05) is 30.1 Å². The molecule has 1 aliphatic rings. The van der Waals surface area contributed by atoms with E-state index in [1.54, 1.807) is 12.1 Å². The third-order valence-electron chi connectivity index (χ3n) is 5.10. The van der Waals surface area contributed by atoms with Crippen LogP contribution in [0.1, 0.15) is 36.0 Å². The van der Waals surface area contributed by atoms with Gasteiger partial charge in [-0.15, -0.1) is 0 Å². The van der Waals surface area contributed by atoms with Crippen LogP contribution in [0.4, 0.5) is 4.39 Å². The zero-order valence-corrected chi connectivity index (χ0v) is 15.5. The van der Waals surface area contributed by atoms with E-state index in [9.17, 15) is 19.1 Å². The summed E-state index contributed by atoms with van der Waals surface area (Å²) in [5.41, 5.74) is -1.30. The highest BCUT2D eigenvalue weighted by Gasteiger charge is 2.33. The van der Waals surface area contributed by atoms with Crippen molar-refractivity contribution in [1.82, 2.24) is 9.88 Å². The van der Waals surface area contributed by atoms with Gasteiger partial charge in [-0.2, -0.15) is 0 Å². The topological polar surface area (TPSA) is 91.6 Å². The van der Waals surface area contributed by atoms with E-state index in [0.717, 1.165) is 0 Å². The first kappa shape index (κ1) is 19.8. The molecule has 1 aromatic carbocycles. The average Bonchev–Trinajstić information content (AvgIpc) is 2.65. The summed E-state index contributed by atoms with van der Waals surface area (Å²) < 4.78 is 14.6. The second-order valence-electron chi connectivity index (χ2n) is 7.00. The Morgan fingerprint density at radius 3 is 2.67 bits per heavy atom. The average molecular weight is 397 g/mol. The van der Waals surface area contributed by atoms with Crippen LogP contribution in [0.15, 0.2) is 29.2 Å². The maximum absolute atomic E-state index is 13.3. The van der Waals surface area contributed by atoms with Gasteiger partial charge in [0.1, 0.15) is 6.17 Å². The van der Waals surface area contributed by atoms with Gasteiger partial charge in [-0.05, 0) is 43.9 Å². The quantitative estimate of drug-likeness (QED) is 0.721. The van der Waals surface area contributed by atoms with E-state index >= 15 is 0 Å². The minimum absolute atomic E-state index is 0.00710. The number of amides is 1. The van der Waals surface area contributed by atoms with E-state index in [1.807, 2.05) is 0 Å². The van der Waals surface area contributed by atoms with Gasteiger partial charge in [0.15, 0.2) is 0 Å². The van der Waals surface area contributed by atoms with Gasteiger partial charge in [-0.1, -0.05) is 11.6 Å². The molecule has 0 aliphatic heterocycles. The Morgan fingerprint density at radius 2 is 2.00 bits per heavy atom. The van der Waals surface area contributed by atoms with Crippen molar-refractivity contribution in [3.05, 3.63) is 45.3 Å². The molecule has 6 nitrogen and oxygen atoms in total. The largest absolute Gasteiger partial charge is 0.395 e. The Bertz CT molecular complexity index is 906. The summed E-state index contributed by atoms with van der Waals surface area (Å²) >= 11 is 6.20. The molecule has 0 spiro atoms. The van der Waals surface area contributed by atoms with Crippen LogP contribution < -0.4 is 10.9 Å². The summed E-state index contributed by atoms with van der Waals surface area (Å²) in [6.07, 6.45) is 1.70. The van der Waals surface area contributed by atoms with E-state index < -0.39 is 17.7 Å². The number of alkyl halides is 1. The SMILES string of the molecule is O=C(NCC1(O)CCC(F)CC1)c1c(Cl)ccc2c(=O)n(CCO)ccc12. The molecule has 1 amide bonds. The molecule has 1 heterocycles. The van der Waals surface area contributed by atoms with Crippen LogP contribution in [0.5, 0.6) is 0 Å². The lowest BCUT2D eigenvalue weighted by Gasteiger charge is -2.33. The minimum atomic E-state index is -1.14. The van der Waals surface area contributed by atoms with Crippen molar-refractivity contribution >= 4 is 28.3 Å². The van der Waals surface area contributed by atoms with E-state index in [-0.39, 0.29) is 61.5 Å². The summed E-state index contributed by atoms with van der Waals surface area (Å²) in [4.78, 5) is 25.2. The Balaban J connectivity index is 1.87. The monoisotopic (exact) mass is 396 g/mol. The number of hydrogen-bond acceptors (Lipinski definition) is 4. The molecule has 2 aromatic rings. The van der Waals surface area contributed by atoms with Gasteiger partial charge in [0.2, 0.25) is 0 Å². The van der Waals surface area contributed by atoms with Gasteiger partial charge >= 0.3 is 0 Å². The van der Waals surface area contributed by atoms with Crippen LogP contribution in [-0.2, 0) is 6.54 Å². The van der Waals surface area contributed by atoms with Crippen LogP contribution in [0.25, 0.3) is 10.8 Å². The molecular formula is C19H22ClFN2O4. The molecule has 0 saturated heterocycles. The van der Waals surface area contributed by atoms with E-state index in [1.165, 1.54) is 16.8 Å². The number of nitrogens with one attached hydrogen (secondary N) is 1. The Hall–Kier alpha value is -1.96. The van der Waals surface area contributed by atoms with Crippen molar-refractivity contribution in [3.8, 4) is 0 Å². The second-order valence-corrected chi connectivity index (χ2v) is 7.41. The first-order valence-corrected chi connectivity index (χ1v) is 9.29. The molecule has 1 fully saturated rings. The predicted molar refractivity (Wildman–Crippen MR) is 101 cm³/mol. The van der Waals surface area contributed by atoms with Gasteiger partial charge in [0.25, 0.3) is 11.5 Å². The number of fused-ring (bicyclic) bond motifs is 1. The third kappa shape index (κ3) is 4.15. The summed E-state index contributed by atoms with van der Waals surface area (Å²) in [5, 5.41) is 23.1. The highest BCUT2D eigenvalue weighted by atomic mass is 35.5. The fraction of sp³-hybridized carbons (Fsp3) is 0.474. The summed E-state index contributed by atoms with van der Waals surface area (Å²) in [7, 11) is 0. The van der Waals surface area contributed by atoms with E-state index in [4.69, 9.17) is 16.7 Å². The van der Waals surface area contributed by atoms with Crippen molar-refractivity contribution < 1.29 is 19.4 Å². The number of rotatable bonds is 5. The van der Waals surface area contributed by atoms with Crippen molar-refractivity contribution in [1.29, 1.82) is 0 Å². The summed E-state index contributed by atoms with van der Waals surface area (Å²) in [5.74, 6) is -0.499. The number of carbonyl (C=O) groups excluding carboxylic acids is 1. The van der Waals surface area contributed by atoms with Crippen molar-refractivity contribution in [2.24, 2.45) is 0 Å². The fourth-order valence-electron chi connectivity index (χ4n) is 3.48. The molecule has 1 aromatic heterocycles. The van der Waals surface area contributed by atoms with Crippen LogP contribution in [0, 0.1) is 0 Å². The lowest BCUT2D eigenvalue weighted by molar-refractivity contribution is -0.0127. The van der Waals surface area contributed by atoms with Gasteiger partial charge in [-0.3, -0.25) is 9.59 Å². The van der Waals surface area contributed by atoms with Crippen LogP contribution in [0.2, 0.25) is 5.02 Å². The smallest absolute Gasteiger partial charge is 0.258 e. The third-order valence-corrected chi connectivity index (χ3v) is 5.41. The molecule has 1 saturated carbocycles. The molecule has 0 atom stereocenters. The summed E-state index contributed by atoms with van der Waals surface area (Å²) in [6.45, 7) is -0.0287. The minimum Gasteiger partial charge on any atom is -0.395 e. The Labute approximate surface area is 160 Å². The van der Waals surface area contributed by atoms with Crippen molar-refractivity contribution in [3.63, 3.8) is 0 Å². The number of benzene rings is 1. The Morgan fingerprint density at radius 1 is 1.30 bits per heavy atom. The zero-order valence-electron chi connectivity index (χ0n) is 14.8. The molecule has 3 rings (SSSR count). The molecule has 0 bridgehead atoms. The van der Waals surface area contributed by atoms with Crippen molar-refractivity contribution in [2.45, 2.75) is 44.0 Å². The zero-order chi connectivity index (χ0) is 19.6. The fourth-order valence-corrected chi connectivity index (χ4v) is 3.73. The number of aliphatic hydroxyl groups excluding tert-OH is 1. The summed E-state index contributed by atoms with van der Waals surface area (Å²) in [6, 6.07) is 4.63. The predicted octanol–water partition coefficient (Wildman–Crippen LogP) is 2.02. The standard InChI is InChI=1S/C19H22ClFN2O4/c20-15-2-1-14-13(5-8-23(9-10-24)18(14)26)16(15)17(25)22-11-19(27)6-3-12(21)4-7-19/h1-2,5,8,12,24,27H,3-4,6-7,9-11H2,(H,22,25). The highest BCUT2D eigenvalue weighted by Crippen LogP contribution is 2.30. The maximum atomic E-state index is 13.3. The van der Waals surface area contributed by atoms with Gasteiger partial charge < -0.3 is 20.1 Å². The normalized spacial score (nSPS) is 22.7. The van der Waals surface area contributed by atoms with Crippen LogP contribution >= 0.6 is 11.6 Å². The Kier molecular flexibility index (Phi) is 5.83. The molecule has 8 heteroatoms. The van der Waals surface area contributed by atoms with Crippen molar-refractivity contribution in [2.75, 3.05) is 13.2 Å². The number of aliphatic hydroxyl groups is 2. The molecule has 1 aliphatic carbocycles. The molecule has 3 N–H and O–H groups in total. The van der Waals surface area contributed by atoms with E-state index in [2.05, 4.69) is 5.32 Å². The second kappa shape index (κ2) is 7.96. The van der Waals surface area contributed by atoms with Crippen LogP contribution in [0.3, 0.4) is 0 Å². The molecule has 27 heavy (non-hydrogen) atoms. The van der Waals surface area contributed by atoms with E-state index in [0.29, 0.717) is 10.8 Å². The number of aromatic nitrogens is 1. The number of pyridine rings is 1. The lowest BCUT2D eigenvalue weighted by atomic mass is 9.84. The first-order valence-electron chi connectivity index (χ1n) is 8.92. The molecular weight excluding hydrogens is 375 g/mol. The highest BCUT2D eigenvalue weighted by molar-refractivity contribution is 6.35. The molecule has 0 radical (unpaired) electrons. The molecule has 146 valence electrons. The first-order chi connectivity index (χ1) is 12.8. The maximum Gasteiger partial charge on any atom is 0.258 e. The number of nitrogens with zero attached hydrogens (tertiary/aromatic N) is 1. The number of hydrogen-bond donors (Lipinski definition) is 3. The molecule has 0 unspecified atom stereocenters. The number of halogens is 2. The van der Waals surface area contributed by atoms with Crippen LogP contribution in [-0.4, -0.2) is 45.6 Å². The number of carbonyl (C=O) groups is 1. The van der Waals surface area contributed by atoms with Gasteiger partial charge in [0.05, 0.1) is 22.8 Å².